The zero-order chi connectivity index (χ0) is 19.7. The van der Waals surface area contributed by atoms with Gasteiger partial charge in [-0.2, -0.15) is 9.78 Å². The van der Waals surface area contributed by atoms with E-state index in [2.05, 4.69) is 5.10 Å². The summed E-state index contributed by atoms with van der Waals surface area (Å²) in [6, 6.07) is 21.4. The first kappa shape index (κ1) is 18.4. The van der Waals surface area contributed by atoms with Gasteiger partial charge in [-0.25, -0.2) is 0 Å². The summed E-state index contributed by atoms with van der Waals surface area (Å²) in [5.74, 6) is -0.493. The van der Waals surface area contributed by atoms with Crippen LogP contribution in [0.4, 0.5) is 0 Å². The maximum Gasteiger partial charge on any atom is 0.282 e. The van der Waals surface area contributed by atoms with Gasteiger partial charge in [0.25, 0.3) is 11.5 Å². The standard InChI is InChI=1S/C22H14Cl2N2O2/c23-18-12-16-17(13-19(18)24)22(28)26(21(27)15-9-5-2-6-10-15)25-20(16)11-14-7-3-1-4-8-14/h1-10,12-13H,11H2. The van der Waals surface area contributed by atoms with E-state index < -0.39 is 11.5 Å². The zero-order valence-corrected chi connectivity index (χ0v) is 16.1. The van der Waals surface area contributed by atoms with Crippen LogP contribution in [-0.4, -0.2) is 15.7 Å². The van der Waals surface area contributed by atoms with Crippen LogP contribution in [0, 0.1) is 0 Å². The molecule has 0 fully saturated rings. The van der Waals surface area contributed by atoms with E-state index in [1.54, 1.807) is 36.4 Å². The van der Waals surface area contributed by atoms with Crippen molar-refractivity contribution in [1.29, 1.82) is 0 Å². The lowest BCUT2D eigenvalue weighted by molar-refractivity contribution is 0.0939. The van der Waals surface area contributed by atoms with Gasteiger partial charge in [-0.05, 0) is 29.8 Å². The van der Waals surface area contributed by atoms with Gasteiger partial charge in [0, 0.05) is 17.4 Å². The van der Waals surface area contributed by atoms with Crippen molar-refractivity contribution in [2.24, 2.45) is 0 Å². The number of rotatable bonds is 3. The van der Waals surface area contributed by atoms with Crippen molar-refractivity contribution in [2.75, 3.05) is 0 Å². The van der Waals surface area contributed by atoms with Crippen LogP contribution in [0.1, 0.15) is 21.6 Å². The number of benzene rings is 3. The maximum atomic E-state index is 13.0. The lowest BCUT2D eigenvalue weighted by atomic mass is 10.0. The summed E-state index contributed by atoms with van der Waals surface area (Å²) in [5.41, 5.74) is 1.42. The molecule has 1 aromatic heterocycles. The minimum atomic E-state index is -0.528. The third-order valence-corrected chi connectivity index (χ3v) is 5.16. The first-order valence-corrected chi connectivity index (χ1v) is 9.35. The normalized spacial score (nSPS) is 10.9. The molecule has 3 aromatic carbocycles. The predicted octanol–water partition coefficient (Wildman–Crippen LogP) is 4.98. The molecule has 28 heavy (non-hydrogen) atoms. The second-order valence-electron chi connectivity index (χ2n) is 6.31. The Morgan fingerprint density at radius 2 is 1.43 bits per heavy atom. The SMILES string of the molecule is O=C(c1ccccc1)n1nc(Cc2ccccc2)c2cc(Cl)c(Cl)cc2c1=O. The van der Waals surface area contributed by atoms with E-state index in [1.807, 2.05) is 30.3 Å². The molecule has 0 aliphatic heterocycles. The van der Waals surface area contributed by atoms with Gasteiger partial charge in [-0.3, -0.25) is 9.59 Å². The molecule has 0 amide bonds. The minimum Gasteiger partial charge on any atom is -0.267 e. The van der Waals surface area contributed by atoms with Gasteiger partial charge in [0.1, 0.15) is 0 Å². The molecule has 0 aliphatic rings. The average molecular weight is 409 g/mol. The van der Waals surface area contributed by atoms with Gasteiger partial charge in [0.05, 0.1) is 21.1 Å². The van der Waals surface area contributed by atoms with Gasteiger partial charge < -0.3 is 0 Å². The highest BCUT2D eigenvalue weighted by atomic mass is 35.5. The molecule has 0 spiro atoms. The van der Waals surface area contributed by atoms with Crippen molar-refractivity contribution in [3.05, 3.63) is 110 Å². The lowest BCUT2D eigenvalue weighted by Gasteiger charge is -2.11. The molecular weight excluding hydrogens is 395 g/mol. The largest absolute Gasteiger partial charge is 0.282 e. The Labute approximate surface area is 171 Å². The third kappa shape index (κ3) is 3.44. The first-order chi connectivity index (χ1) is 13.5. The first-order valence-electron chi connectivity index (χ1n) is 8.59. The van der Waals surface area contributed by atoms with Crippen molar-refractivity contribution in [3.63, 3.8) is 0 Å². The van der Waals surface area contributed by atoms with Crippen molar-refractivity contribution in [1.82, 2.24) is 9.78 Å². The summed E-state index contributed by atoms with van der Waals surface area (Å²) in [6.07, 6.45) is 0.442. The fourth-order valence-electron chi connectivity index (χ4n) is 3.06. The predicted molar refractivity (Wildman–Crippen MR) is 111 cm³/mol. The molecule has 0 saturated heterocycles. The van der Waals surface area contributed by atoms with E-state index in [-0.39, 0.29) is 5.02 Å². The molecule has 0 saturated carbocycles. The lowest BCUT2D eigenvalue weighted by Crippen LogP contribution is -2.31. The fraction of sp³-hybridized carbons (Fsp3) is 0.0455. The molecule has 0 atom stereocenters. The van der Waals surface area contributed by atoms with Gasteiger partial charge >= 0.3 is 0 Å². The molecule has 0 unspecified atom stereocenters. The Kier molecular flexibility index (Phi) is 4.99. The van der Waals surface area contributed by atoms with Crippen LogP contribution in [0.25, 0.3) is 10.8 Å². The molecular formula is C22H14Cl2N2O2. The summed E-state index contributed by atoms with van der Waals surface area (Å²) in [4.78, 5) is 25.9. The molecule has 138 valence electrons. The fourth-order valence-corrected chi connectivity index (χ4v) is 3.38. The number of aromatic nitrogens is 2. The van der Waals surface area contributed by atoms with E-state index >= 15 is 0 Å². The molecule has 4 aromatic rings. The van der Waals surface area contributed by atoms with Crippen LogP contribution in [0.15, 0.2) is 77.6 Å². The summed E-state index contributed by atoms with van der Waals surface area (Å²) in [7, 11) is 0. The van der Waals surface area contributed by atoms with Gasteiger partial charge in [-0.1, -0.05) is 71.7 Å². The van der Waals surface area contributed by atoms with E-state index in [9.17, 15) is 9.59 Å². The Balaban J connectivity index is 1.96. The second kappa shape index (κ2) is 7.58. The van der Waals surface area contributed by atoms with Crippen molar-refractivity contribution >= 4 is 39.9 Å². The van der Waals surface area contributed by atoms with Gasteiger partial charge in [-0.15, -0.1) is 0 Å². The Bertz CT molecular complexity index is 1240. The van der Waals surface area contributed by atoms with E-state index in [1.165, 1.54) is 6.07 Å². The smallest absolute Gasteiger partial charge is 0.267 e. The molecule has 4 nitrogen and oxygen atoms in total. The van der Waals surface area contributed by atoms with Crippen LogP contribution in [0.3, 0.4) is 0 Å². The molecule has 1 heterocycles. The van der Waals surface area contributed by atoms with Crippen LogP contribution in [0.5, 0.6) is 0 Å². The molecule has 0 radical (unpaired) electrons. The van der Waals surface area contributed by atoms with E-state index in [4.69, 9.17) is 23.2 Å². The average Bonchev–Trinajstić information content (AvgIpc) is 2.72. The number of nitrogens with zero attached hydrogens (tertiary/aromatic N) is 2. The number of carbonyl (C=O) groups is 1. The quantitative estimate of drug-likeness (QED) is 0.480. The van der Waals surface area contributed by atoms with Crippen molar-refractivity contribution in [2.45, 2.75) is 6.42 Å². The van der Waals surface area contributed by atoms with Crippen molar-refractivity contribution in [3.8, 4) is 0 Å². The number of fused-ring (bicyclic) bond motifs is 1. The summed E-state index contributed by atoms with van der Waals surface area (Å²) in [5, 5.41) is 5.87. The number of hydrogen-bond acceptors (Lipinski definition) is 3. The van der Waals surface area contributed by atoms with Crippen LogP contribution in [0.2, 0.25) is 10.0 Å². The monoisotopic (exact) mass is 408 g/mol. The Morgan fingerprint density at radius 1 is 0.857 bits per heavy atom. The molecule has 4 rings (SSSR count). The van der Waals surface area contributed by atoms with Crippen LogP contribution >= 0.6 is 23.2 Å². The van der Waals surface area contributed by atoms with Crippen molar-refractivity contribution < 1.29 is 4.79 Å². The van der Waals surface area contributed by atoms with Crippen LogP contribution in [-0.2, 0) is 6.42 Å². The maximum absolute atomic E-state index is 13.0. The highest BCUT2D eigenvalue weighted by Crippen LogP contribution is 2.28. The highest BCUT2D eigenvalue weighted by Gasteiger charge is 2.18. The van der Waals surface area contributed by atoms with Gasteiger partial charge in [0.2, 0.25) is 0 Å². The molecule has 0 aliphatic carbocycles. The van der Waals surface area contributed by atoms with Gasteiger partial charge in [0.15, 0.2) is 0 Å². The summed E-state index contributed by atoms with van der Waals surface area (Å²) in [6.45, 7) is 0. The summed E-state index contributed by atoms with van der Waals surface area (Å²) < 4.78 is 0.903. The highest BCUT2D eigenvalue weighted by molar-refractivity contribution is 6.42. The number of carbonyl (C=O) groups excluding carboxylic acids is 1. The molecule has 0 N–H and O–H groups in total. The number of hydrogen-bond donors (Lipinski definition) is 0. The Hall–Kier alpha value is -2.95. The minimum absolute atomic E-state index is 0.252. The third-order valence-electron chi connectivity index (χ3n) is 4.44. The second-order valence-corrected chi connectivity index (χ2v) is 7.12. The molecule has 0 bridgehead atoms. The zero-order valence-electron chi connectivity index (χ0n) is 14.6. The van der Waals surface area contributed by atoms with Crippen LogP contribution < -0.4 is 5.56 Å². The number of halogens is 2. The topological polar surface area (TPSA) is 52.0 Å². The Morgan fingerprint density at radius 3 is 2.07 bits per heavy atom. The summed E-state index contributed by atoms with van der Waals surface area (Å²) >= 11 is 12.3. The van der Waals surface area contributed by atoms with E-state index in [0.717, 1.165) is 10.2 Å². The van der Waals surface area contributed by atoms with E-state index in [0.29, 0.717) is 33.5 Å². The molecule has 6 heteroatoms.